The molecule has 0 fully saturated rings. The molecular formula is C8H7F2N3O2S. The summed E-state index contributed by atoms with van der Waals surface area (Å²) in [7, 11) is -4.16. The molecule has 0 spiro atoms. The Labute approximate surface area is 90.6 Å². The zero-order valence-corrected chi connectivity index (χ0v) is 8.92. The van der Waals surface area contributed by atoms with E-state index in [-0.39, 0.29) is 11.1 Å². The highest BCUT2D eigenvalue weighted by molar-refractivity contribution is 7.89. The van der Waals surface area contributed by atoms with Gasteiger partial charge in [-0.3, -0.25) is 0 Å². The van der Waals surface area contributed by atoms with Gasteiger partial charge in [0.2, 0.25) is 0 Å². The first-order chi connectivity index (χ1) is 7.27. The van der Waals surface area contributed by atoms with Crippen LogP contribution in [0.25, 0.3) is 0 Å². The van der Waals surface area contributed by atoms with Crippen molar-refractivity contribution in [1.29, 1.82) is 5.26 Å². The van der Waals surface area contributed by atoms with E-state index >= 15 is 0 Å². The molecule has 1 rings (SSSR count). The second-order valence-electron chi connectivity index (χ2n) is 3.00. The van der Waals surface area contributed by atoms with E-state index in [4.69, 9.17) is 10.4 Å². The summed E-state index contributed by atoms with van der Waals surface area (Å²) in [6, 6.07) is 2.53. The number of rotatable bonds is 2. The molecular weight excluding hydrogens is 240 g/mol. The summed E-state index contributed by atoms with van der Waals surface area (Å²) >= 11 is 0. The van der Waals surface area contributed by atoms with Gasteiger partial charge in [-0.1, -0.05) is 0 Å². The lowest BCUT2D eigenvalue weighted by molar-refractivity contribution is 0.145. The molecule has 0 aliphatic heterocycles. The van der Waals surface area contributed by atoms with Crippen molar-refractivity contribution in [1.82, 2.24) is 4.98 Å². The van der Waals surface area contributed by atoms with Crippen LogP contribution in [0, 0.1) is 18.3 Å². The number of halogens is 2. The van der Waals surface area contributed by atoms with Crippen molar-refractivity contribution in [2.24, 2.45) is 5.14 Å². The van der Waals surface area contributed by atoms with Crippen molar-refractivity contribution in [3.8, 4) is 6.07 Å². The van der Waals surface area contributed by atoms with E-state index in [9.17, 15) is 17.2 Å². The van der Waals surface area contributed by atoms with E-state index in [2.05, 4.69) is 4.98 Å². The summed E-state index contributed by atoms with van der Waals surface area (Å²) in [6.45, 7) is 1.33. The number of hydrogen-bond donors (Lipinski definition) is 1. The fourth-order valence-electron chi connectivity index (χ4n) is 1.12. The maximum Gasteiger partial charge on any atom is 0.281 e. The van der Waals surface area contributed by atoms with Crippen LogP contribution in [0.1, 0.15) is 23.2 Å². The first kappa shape index (κ1) is 12.5. The Morgan fingerprint density at radius 3 is 2.50 bits per heavy atom. The number of nitrogens with two attached hydrogens (primary N) is 1. The lowest BCUT2D eigenvalue weighted by Gasteiger charge is -2.07. The van der Waals surface area contributed by atoms with Crippen LogP contribution in [0.5, 0.6) is 0 Å². The van der Waals surface area contributed by atoms with Crippen LogP contribution in [-0.4, -0.2) is 13.4 Å². The molecule has 1 aromatic heterocycles. The second kappa shape index (κ2) is 4.11. The molecule has 0 atom stereocenters. The summed E-state index contributed by atoms with van der Waals surface area (Å²) in [5.74, 6) is 0. The molecule has 86 valence electrons. The molecule has 0 radical (unpaired) electrons. The van der Waals surface area contributed by atoms with Crippen LogP contribution in [-0.2, 0) is 10.0 Å². The highest BCUT2D eigenvalue weighted by Crippen LogP contribution is 2.24. The molecule has 0 amide bonds. The molecule has 2 N–H and O–H groups in total. The third-order valence-electron chi connectivity index (χ3n) is 1.83. The van der Waals surface area contributed by atoms with Crippen molar-refractivity contribution in [2.45, 2.75) is 18.4 Å². The van der Waals surface area contributed by atoms with Gasteiger partial charge in [-0.05, 0) is 18.6 Å². The van der Waals surface area contributed by atoms with Gasteiger partial charge in [-0.2, -0.15) is 5.26 Å². The molecule has 1 aromatic rings. The Bertz CT molecular complexity index is 563. The smallest absolute Gasteiger partial charge is 0.232 e. The summed E-state index contributed by atoms with van der Waals surface area (Å²) < 4.78 is 46.9. The number of pyridine rings is 1. The zero-order chi connectivity index (χ0) is 12.5. The standard InChI is InChI=1S/C8H7F2N3O2S/c1-4-2-6(16(12,14)15)13-7(8(9)10)5(4)3-11/h2,8H,1H3,(H2,12,14,15). The molecule has 0 saturated carbocycles. The van der Waals surface area contributed by atoms with Gasteiger partial charge in [0, 0.05) is 0 Å². The van der Waals surface area contributed by atoms with Crippen molar-refractivity contribution in [3.05, 3.63) is 22.9 Å². The Morgan fingerprint density at radius 1 is 1.56 bits per heavy atom. The minimum atomic E-state index is -4.16. The van der Waals surface area contributed by atoms with E-state index < -0.39 is 27.2 Å². The van der Waals surface area contributed by atoms with Gasteiger partial charge in [0.1, 0.15) is 11.8 Å². The minimum absolute atomic E-state index is 0.0943. The lowest BCUT2D eigenvalue weighted by Crippen LogP contribution is -2.16. The van der Waals surface area contributed by atoms with Crippen molar-refractivity contribution in [2.75, 3.05) is 0 Å². The molecule has 0 aromatic carbocycles. The average molecular weight is 247 g/mol. The monoisotopic (exact) mass is 247 g/mol. The van der Waals surface area contributed by atoms with Crippen LogP contribution < -0.4 is 5.14 Å². The first-order valence-corrected chi connectivity index (χ1v) is 5.54. The third kappa shape index (κ3) is 2.32. The molecule has 5 nitrogen and oxygen atoms in total. The fourth-order valence-corrected chi connectivity index (χ4v) is 1.68. The number of primary sulfonamides is 1. The third-order valence-corrected chi connectivity index (χ3v) is 2.62. The van der Waals surface area contributed by atoms with Gasteiger partial charge in [0.15, 0.2) is 5.03 Å². The predicted molar refractivity (Wildman–Crippen MR) is 50.0 cm³/mol. The first-order valence-electron chi connectivity index (χ1n) is 4.00. The van der Waals surface area contributed by atoms with Crippen molar-refractivity contribution >= 4 is 10.0 Å². The van der Waals surface area contributed by atoms with E-state index in [1.54, 1.807) is 6.07 Å². The van der Waals surface area contributed by atoms with Crippen LogP contribution >= 0.6 is 0 Å². The van der Waals surface area contributed by atoms with Gasteiger partial charge in [0.25, 0.3) is 16.4 Å². The van der Waals surface area contributed by atoms with Gasteiger partial charge < -0.3 is 0 Å². The normalized spacial score (nSPS) is 11.5. The number of alkyl halides is 2. The van der Waals surface area contributed by atoms with Crippen molar-refractivity contribution in [3.63, 3.8) is 0 Å². The number of nitriles is 1. The van der Waals surface area contributed by atoms with Crippen LogP contribution in [0.3, 0.4) is 0 Å². The number of aromatic nitrogens is 1. The topological polar surface area (TPSA) is 96.8 Å². The minimum Gasteiger partial charge on any atom is -0.232 e. The molecule has 16 heavy (non-hydrogen) atoms. The number of hydrogen-bond acceptors (Lipinski definition) is 4. The second-order valence-corrected chi connectivity index (χ2v) is 4.50. The van der Waals surface area contributed by atoms with E-state index in [1.807, 2.05) is 0 Å². The molecule has 1 heterocycles. The average Bonchev–Trinajstić information content (AvgIpc) is 2.14. The Balaban J connectivity index is 3.61. The molecule has 0 unspecified atom stereocenters. The van der Waals surface area contributed by atoms with Gasteiger partial charge in [0.05, 0.1) is 5.56 Å². The Hall–Kier alpha value is -1.59. The maximum atomic E-state index is 12.5. The lowest BCUT2D eigenvalue weighted by atomic mass is 10.1. The number of aryl methyl sites for hydroxylation is 1. The van der Waals surface area contributed by atoms with E-state index in [0.29, 0.717) is 0 Å². The molecule has 8 heteroatoms. The number of nitrogens with zero attached hydrogens (tertiary/aromatic N) is 2. The predicted octanol–water partition coefficient (Wildman–Crippen LogP) is 0.847. The largest absolute Gasteiger partial charge is 0.281 e. The molecule has 0 bridgehead atoms. The van der Waals surface area contributed by atoms with Crippen LogP contribution in [0.2, 0.25) is 0 Å². The van der Waals surface area contributed by atoms with E-state index in [1.165, 1.54) is 6.92 Å². The fraction of sp³-hybridized carbons (Fsp3) is 0.250. The quantitative estimate of drug-likeness (QED) is 0.837. The molecule has 0 aliphatic rings. The highest BCUT2D eigenvalue weighted by atomic mass is 32.2. The van der Waals surface area contributed by atoms with Gasteiger partial charge >= 0.3 is 0 Å². The zero-order valence-electron chi connectivity index (χ0n) is 8.11. The SMILES string of the molecule is Cc1cc(S(N)(=O)=O)nc(C(F)F)c1C#N. The van der Waals surface area contributed by atoms with E-state index in [0.717, 1.165) is 6.07 Å². The van der Waals surface area contributed by atoms with Crippen molar-refractivity contribution < 1.29 is 17.2 Å². The van der Waals surface area contributed by atoms with Gasteiger partial charge in [-0.15, -0.1) is 0 Å². The summed E-state index contributed by atoms with van der Waals surface area (Å²) in [5.41, 5.74) is -1.11. The van der Waals surface area contributed by atoms with Crippen LogP contribution in [0.4, 0.5) is 8.78 Å². The molecule has 0 aliphatic carbocycles. The maximum absolute atomic E-state index is 12.5. The molecule has 0 saturated heterocycles. The summed E-state index contributed by atoms with van der Waals surface area (Å²) in [5, 5.41) is 12.7. The summed E-state index contributed by atoms with van der Waals surface area (Å²) in [6.07, 6.45) is -3.03. The van der Waals surface area contributed by atoms with Gasteiger partial charge in [-0.25, -0.2) is 27.3 Å². The highest BCUT2D eigenvalue weighted by Gasteiger charge is 2.21. The Kier molecular flexibility index (Phi) is 3.21. The number of sulfonamides is 1. The van der Waals surface area contributed by atoms with Crippen LogP contribution in [0.15, 0.2) is 11.1 Å². The Morgan fingerprint density at radius 2 is 2.12 bits per heavy atom. The summed E-state index contributed by atoms with van der Waals surface area (Å²) in [4.78, 5) is 3.19.